The average Bonchev–Trinajstić information content (AvgIpc) is 3.28. The number of rotatable bonds is 7. The Morgan fingerprint density at radius 1 is 1.22 bits per heavy atom. The molecule has 32 heavy (non-hydrogen) atoms. The highest BCUT2D eigenvalue weighted by atomic mass is 32.3. The van der Waals surface area contributed by atoms with E-state index in [2.05, 4.69) is 39.5 Å². The van der Waals surface area contributed by atoms with Crippen LogP contribution in [0.25, 0.3) is 11.3 Å². The molecule has 2 heterocycles. The number of aromatic nitrogens is 3. The topological polar surface area (TPSA) is 117 Å². The van der Waals surface area contributed by atoms with Crippen molar-refractivity contribution in [1.82, 2.24) is 14.5 Å². The Hall–Kier alpha value is -2.72. The van der Waals surface area contributed by atoms with Crippen LogP contribution in [0.1, 0.15) is 51.0 Å². The van der Waals surface area contributed by atoms with E-state index in [0.717, 1.165) is 22.7 Å². The van der Waals surface area contributed by atoms with Crippen molar-refractivity contribution in [3.63, 3.8) is 0 Å². The van der Waals surface area contributed by atoms with Crippen molar-refractivity contribution in [2.75, 3.05) is 0 Å². The normalized spacial score (nSPS) is 12.3. The molecule has 0 atom stereocenters. The molecule has 10 heteroatoms. The summed E-state index contributed by atoms with van der Waals surface area (Å²) in [6.07, 6.45) is 2.97. The number of nitrogens with zero attached hydrogens (tertiary/aromatic N) is 3. The molecule has 0 spiro atoms. The van der Waals surface area contributed by atoms with Crippen molar-refractivity contribution in [2.45, 2.75) is 57.2 Å². The lowest BCUT2D eigenvalue weighted by Crippen LogP contribution is -2.19. The van der Waals surface area contributed by atoms with E-state index in [-0.39, 0.29) is 21.2 Å². The molecule has 0 saturated carbocycles. The van der Waals surface area contributed by atoms with Crippen molar-refractivity contribution in [2.24, 2.45) is 11.7 Å². The van der Waals surface area contributed by atoms with Crippen LogP contribution in [0, 0.1) is 5.92 Å². The minimum absolute atomic E-state index is 0.0828. The first-order valence-corrected chi connectivity index (χ1v) is 12.4. The maximum atomic E-state index is 12.6. The number of nitrogens with two attached hydrogens (primary N) is 1. The Labute approximate surface area is 192 Å². The molecule has 0 unspecified atom stereocenters. The van der Waals surface area contributed by atoms with Crippen molar-refractivity contribution in [3.05, 3.63) is 53.1 Å². The minimum Gasteiger partial charge on any atom is -0.334 e. The molecule has 0 aliphatic rings. The summed E-state index contributed by atoms with van der Waals surface area (Å²) in [6.45, 7) is 11.0. The van der Waals surface area contributed by atoms with Crippen LogP contribution in [0.5, 0.6) is 0 Å². The van der Waals surface area contributed by atoms with E-state index < -0.39 is 16.2 Å². The van der Waals surface area contributed by atoms with Crippen LogP contribution in [0.2, 0.25) is 0 Å². The summed E-state index contributed by atoms with van der Waals surface area (Å²) in [7, 11) is -4.36. The molecule has 0 saturated heterocycles. The molecule has 3 rings (SSSR count). The second-order valence-electron chi connectivity index (χ2n) is 9.02. The van der Waals surface area contributed by atoms with E-state index >= 15 is 0 Å². The van der Waals surface area contributed by atoms with Crippen LogP contribution in [0.3, 0.4) is 0 Å². The zero-order valence-corrected chi connectivity index (χ0v) is 20.5. The second kappa shape index (κ2) is 9.03. The molecule has 1 amide bonds. The number of hydrogen-bond acceptors (Lipinski definition) is 7. The third-order valence-corrected chi connectivity index (χ3v) is 7.37. The fraction of sp³-hybridized carbons (Fsp3) is 0.409. The lowest BCUT2D eigenvalue weighted by atomic mass is 9.95. The van der Waals surface area contributed by atoms with Crippen LogP contribution in [0.4, 0.5) is 4.79 Å². The Kier molecular flexibility index (Phi) is 6.75. The van der Waals surface area contributed by atoms with Crippen LogP contribution in [-0.2, 0) is 32.7 Å². The Bertz CT molecular complexity index is 1200. The summed E-state index contributed by atoms with van der Waals surface area (Å²) >= 11 is 1.00. The lowest BCUT2D eigenvalue weighted by molar-refractivity contribution is 0.213. The van der Waals surface area contributed by atoms with Gasteiger partial charge in [0, 0.05) is 36.3 Å². The average molecular weight is 477 g/mol. The van der Waals surface area contributed by atoms with Gasteiger partial charge in [-0.2, -0.15) is 8.42 Å². The van der Waals surface area contributed by atoms with E-state index in [4.69, 9.17) is 5.73 Å². The molecule has 0 aliphatic carbocycles. The summed E-state index contributed by atoms with van der Waals surface area (Å²) in [4.78, 5) is 20.1. The predicted molar refractivity (Wildman–Crippen MR) is 124 cm³/mol. The second-order valence-corrected chi connectivity index (χ2v) is 11.8. The zero-order valence-electron chi connectivity index (χ0n) is 18.8. The number of carbonyl (C=O) groups is 1. The SMILES string of the molecule is CC(C)Cc1nc(-c2ccc(Cn3ccnc3C(C)(C)C)cc2)c(S(=O)(=O)OC(N)=O)s1. The van der Waals surface area contributed by atoms with Crippen LogP contribution < -0.4 is 5.73 Å². The standard InChI is InChI=1S/C22H28N4O4S2/c1-14(2)12-17-25-18(19(31-17)32(28,29)30-21(23)27)16-8-6-15(7-9-16)13-26-11-10-24-20(26)22(3,4)5/h6-11,14H,12-13H2,1-5H3,(H2,23,27). The summed E-state index contributed by atoms with van der Waals surface area (Å²) in [5.41, 5.74) is 6.79. The van der Waals surface area contributed by atoms with Gasteiger partial charge in [-0.3, -0.25) is 0 Å². The van der Waals surface area contributed by atoms with E-state index in [1.807, 2.05) is 44.3 Å². The number of imidazole rings is 1. The monoisotopic (exact) mass is 476 g/mol. The van der Waals surface area contributed by atoms with Crippen molar-refractivity contribution >= 4 is 27.5 Å². The largest absolute Gasteiger partial charge is 0.420 e. The number of thiazole rings is 1. The van der Waals surface area contributed by atoms with Gasteiger partial charge in [-0.1, -0.05) is 58.9 Å². The maximum Gasteiger partial charge on any atom is 0.420 e. The third-order valence-electron chi connectivity index (χ3n) is 4.61. The van der Waals surface area contributed by atoms with Crippen molar-refractivity contribution < 1.29 is 17.4 Å². The molecule has 8 nitrogen and oxygen atoms in total. The summed E-state index contributed by atoms with van der Waals surface area (Å²) in [6, 6.07) is 7.49. The lowest BCUT2D eigenvalue weighted by Gasteiger charge is -2.19. The number of hydrogen-bond donors (Lipinski definition) is 1. The highest BCUT2D eigenvalue weighted by molar-refractivity contribution is 7.89. The third kappa shape index (κ3) is 5.55. The highest BCUT2D eigenvalue weighted by Crippen LogP contribution is 2.34. The first kappa shape index (κ1) is 23.9. The van der Waals surface area contributed by atoms with E-state index in [9.17, 15) is 13.2 Å². The van der Waals surface area contributed by atoms with Gasteiger partial charge in [0.15, 0.2) is 4.21 Å². The fourth-order valence-electron chi connectivity index (χ4n) is 3.33. The van der Waals surface area contributed by atoms with Crippen LogP contribution in [-0.4, -0.2) is 29.0 Å². The Balaban J connectivity index is 1.95. The number of carbonyl (C=O) groups excluding carboxylic acids is 1. The van der Waals surface area contributed by atoms with E-state index in [1.54, 1.807) is 6.20 Å². The molecule has 0 aliphatic heterocycles. The molecule has 1 aromatic carbocycles. The van der Waals surface area contributed by atoms with Gasteiger partial charge in [0.05, 0.1) is 5.01 Å². The van der Waals surface area contributed by atoms with Gasteiger partial charge in [0.25, 0.3) is 0 Å². The Morgan fingerprint density at radius 3 is 2.44 bits per heavy atom. The zero-order chi connectivity index (χ0) is 23.7. The first-order chi connectivity index (χ1) is 14.9. The van der Waals surface area contributed by atoms with Gasteiger partial charge in [-0.25, -0.2) is 14.8 Å². The van der Waals surface area contributed by atoms with Gasteiger partial charge in [-0.15, -0.1) is 11.3 Å². The smallest absolute Gasteiger partial charge is 0.334 e. The van der Waals surface area contributed by atoms with Gasteiger partial charge in [0.1, 0.15) is 11.5 Å². The minimum atomic E-state index is -4.36. The molecule has 0 bridgehead atoms. The van der Waals surface area contributed by atoms with Crippen molar-refractivity contribution in [3.8, 4) is 11.3 Å². The van der Waals surface area contributed by atoms with E-state index in [1.165, 1.54) is 0 Å². The predicted octanol–water partition coefficient (Wildman–Crippen LogP) is 4.33. The summed E-state index contributed by atoms with van der Waals surface area (Å²) < 4.78 is 31.6. The molecule has 0 fully saturated rings. The molecule has 2 N–H and O–H groups in total. The number of benzene rings is 1. The molecule has 3 aromatic rings. The van der Waals surface area contributed by atoms with Crippen molar-refractivity contribution in [1.29, 1.82) is 0 Å². The summed E-state index contributed by atoms with van der Waals surface area (Å²) in [5.74, 6) is 1.27. The molecule has 0 radical (unpaired) electrons. The van der Waals surface area contributed by atoms with Crippen LogP contribution >= 0.6 is 11.3 Å². The van der Waals surface area contributed by atoms with Gasteiger partial charge in [-0.05, 0) is 11.5 Å². The van der Waals surface area contributed by atoms with E-state index in [0.29, 0.717) is 23.5 Å². The van der Waals surface area contributed by atoms with Gasteiger partial charge < -0.3 is 14.5 Å². The first-order valence-electron chi connectivity index (χ1n) is 10.2. The number of primary amides is 1. The van der Waals surface area contributed by atoms with Crippen LogP contribution in [0.15, 0.2) is 40.9 Å². The van der Waals surface area contributed by atoms with Gasteiger partial charge in [0.2, 0.25) is 0 Å². The Morgan fingerprint density at radius 2 is 1.88 bits per heavy atom. The summed E-state index contributed by atoms with van der Waals surface area (Å²) in [5, 5.41) is 0.652. The maximum absolute atomic E-state index is 12.6. The molecule has 2 aromatic heterocycles. The molecular weight excluding hydrogens is 448 g/mol. The van der Waals surface area contributed by atoms with Gasteiger partial charge >= 0.3 is 16.2 Å². The highest BCUT2D eigenvalue weighted by Gasteiger charge is 2.28. The quantitative estimate of drug-likeness (QED) is 0.507. The number of amides is 1. The molecule has 172 valence electrons. The fourth-order valence-corrected chi connectivity index (χ4v) is 5.85. The molecular formula is C22H28N4O4S2.